The van der Waals surface area contributed by atoms with E-state index in [9.17, 15) is 4.79 Å². The fourth-order valence-corrected chi connectivity index (χ4v) is 4.07. The molecule has 162 valence electrons. The Balaban J connectivity index is 1.24. The van der Waals surface area contributed by atoms with E-state index < -0.39 is 0 Å². The van der Waals surface area contributed by atoms with Crippen LogP contribution >= 0.6 is 15.9 Å². The van der Waals surface area contributed by atoms with Crippen LogP contribution in [-0.2, 0) is 17.8 Å². The molecule has 0 saturated carbocycles. The Hall–Kier alpha value is -2.71. The second-order valence-corrected chi connectivity index (χ2v) is 8.44. The number of hydrogen-bond donors (Lipinski definition) is 0. The molecule has 1 fully saturated rings. The van der Waals surface area contributed by atoms with Crippen LogP contribution in [0.2, 0.25) is 0 Å². The zero-order chi connectivity index (χ0) is 21.6. The van der Waals surface area contributed by atoms with Crippen molar-refractivity contribution in [1.82, 2.24) is 19.9 Å². The van der Waals surface area contributed by atoms with Crippen molar-refractivity contribution < 1.29 is 14.1 Å². The highest BCUT2D eigenvalue weighted by Crippen LogP contribution is 2.20. The molecule has 1 aromatic heterocycles. The van der Waals surface area contributed by atoms with E-state index in [-0.39, 0.29) is 5.91 Å². The monoisotopic (exact) mass is 484 g/mol. The quantitative estimate of drug-likeness (QED) is 0.507. The molecule has 2 heterocycles. The first kappa shape index (κ1) is 21.5. The van der Waals surface area contributed by atoms with Crippen molar-refractivity contribution in [3.05, 3.63) is 64.5 Å². The highest BCUT2D eigenvalue weighted by atomic mass is 79.9. The molecule has 0 unspecified atom stereocenters. The van der Waals surface area contributed by atoms with Crippen molar-refractivity contribution in [2.24, 2.45) is 0 Å². The summed E-state index contributed by atoms with van der Waals surface area (Å²) in [5.74, 6) is 2.15. The average molecular weight is 485 g/mol. The van der Waals surface area contributed by atoms with Gasteiger partial charge >= 0.3 is 0 Å². The Morgan fingerprint density at radius 1 is 1.13 bits per heavy atom. The second-order valence-electron chi connectivity index (χ2n) is 7.53. The predicted octanol–water partition coefficient (Wildman–Crippen LogP) is 3.78. The van der Waals surface area contributed by atoms with E-state index in [1.54, 1.807) is 7.11 Å². The molecule has 0 atom stereocenters. The topological polar surface area (TPSA) is 71.7 Å². The van der Waals surface area contributed by atoms with Gasteiger partial charge in [-0.15, -0.1) is 0 Å². The molecule has 0 aliphatic carbocycles. The number of amides is 1. The van der Waals surface area contributed by atoms with Crippen LogP contribution in [-0.4, -0.2) is 59.1 Å². The number of carbonyl (C=O) groups excluding carboxylic acids is 1. The van der Waals surface area contributed by atoms with Crippen molar-refractivity contribution in [3.8, 4) is 17.1 Å². The smallest absolute Gasteiger partial charge is 0.241 e. The molecule has 3 aromatic rings. The fourth-order valence-electron chi connectivity index (χ4n) is 3.62. The summed E-state index contributed by atoms with van der Waals surface area (Å²) < 4.78 is 11.7. The summed E-state index contributed by atoms with van der Waals surface area (Å²) in [6, 6.07) is 15.7. The van der Waals surface area contributed by atoms with Gasteiger partial charge in [-0.1, -0.05) is 33.2 Å². The van der Waals surface area contributed by atoms with Gasteiger partial charge in [0.25, 0.3) is 0 Å². The molecule has 1 aliphatic heterocycles. The third kappa shape index (κ3) is 5.71. The van der Waals surface area contributed by atoms with Crippen LogP contribution in [0.5, 0.6) is 5.75 Å². The van der Waals surface area contributed by atoms with Crippen LogP contribution in [0.15, 0.2) is 57.5 Å². The van der Waals surface area contributed by atoms with Gasteiger partial charge < -0.3 is 14.2 Å². The molecule has 31 heavy (non-hydrogen) atoms. The van der Waals surface area contributed by atoms with Crippen molar-refractivity contribution in [2.75, 3.05) is 33.3 Å². The normalized spacial score (nSPS) is 14.6. The maximum Gasteiger partial charge on any atom is 0.241 e. The van der Waals surface area contributed by atoms with Crippen LogP contribution in [0.1, 0.15) is 17.9 Å². The molecule has 0 radical (unpaired) electrons. The van der Waals surface area contributed by atoms with Crippen LogP contribution in [0.3, 0.4) is 0 Å². The van der Waals surface area contributed by atoms with E-state index in [2.05, 4.69) is 43.1 Å². The molecule has 1 aliphatic rings. The second kappa shape index (κ2) is 10.1. The van der Waals surface area contributed by atoms with Crippen LogP contribution in [0.25, 0.3) is 11.4 Å². The summed E-state index contributed by atoms with van der Waals surface area (Å²) in [4.78, 5) is 21.3. The molecule has 4 rings (SSSR count). The summed E-state index contributed by atoms with van der Waals surface area (Å²) in [7, 11) is 1.64. The summed E-state index contributed by atoms with van der Waals surface area (Å²) in [5.41, 5.74) is 2.06. The van der Waals surface area contributed by atoms with Gasteiger partial charge in [-0.3, -0.25) is 9.69 Å². The van der Waals surface area contributed by atoms with Crippen molar-refractivity contribution in [2.45, 2.75) is 19.4 Å². The van der Waals surface area contributed by atoms with Gasteiger partial charge in [-0.25, -0.2) is 0 Å². The molecule has 8 heteroatoms. The average Bonchev–Trinajstić information content (AvgIpc) is 3.26. The minimum Gasteiger partial charge on any atom is -0.497 e. The first-order chi connectivity index (χ1) is 15.1. The van der Waals surface area contributed by atoms with E-state index in [0.29, 0.717) is 24.7 Å². The fraction of sp³-hybridized carbons (Fsp3) is 0.348. The molecule has 1 amide bonds. The number of benzene rings is 2. The summed E-state index contributed by atoms with van der Waals surface area (Å²) in [6.07, 6.45) is 1.29. The summed E-state index contributed by atoms with van der Waals surface area (Å²) in [6.45, 7) is 3.61. The van der Waals surface area contributed by atoms with E-state index in [0.717, 1.165) is 48.4 Å². The first-order valence-electron chi connectivity index (χ1n) is 10.3. The van der Waals surface area contributed by atoms with E-state index in [4.69, 9.17) is 9.26 Å². The molecular formula is C23H25BrN4O3. The Bertz CT molecular complexity index is 1010. The molecular weight excluding hydrogens is 460 g/mol. The maximum atomic E-state index is 12.6. The highest BCUT2D eigenvalue weighted by Gasteiger charge is 2.22. The minimum atomic E-state index is 0.208. The van der Waals surface area contributed by atoms with Gasteiger partial charge in [0, 0.05) is 42.6 Å². The highest BCUT2D eigenvalue weighted by molar-refractivity contribution is 9.10. The van der Waals surface area contributed by atoms with Crippen molar-refractivity contribution >= 4 is 21.8 Å². The lowest BCUT2D eigenvalue weighted by Gasteiger charge is -2.34. The number of ether oxygens (including phenoxy) is 1. The van der Waals surface area contributed by atoms with Crippen molar-refractivity contribution in [1.29, 1.82) is 0 Å². The molecule has 0 N–H and O–H groups in total. The molecule has 1 saturated heterocycles. The van der Waals surface area contributed by atoms with Crippen LogP contribution < -0.4 is 4.74 Å². The number of aromatic nitrogens is 2. The third-order valence-electron chi connectivity index (χ3n) is 5.42. The standard InChI is InChI=1S/C23H25BrN4O3/c1-30-20-8-6-18(7-9-20)23-25-21(31-26-23)16-27-11-13-28(14-12-27)22(29)10-5-17-3-2-4-19(24)15-17/h2-4,6-9,15H,5,10-14,16H2,1H3. The molecule has 0 bridgehead atoms. The maximum absolute atomic E-state index is 12.6. The van der Waals surface area contributed by atoms with Gasteiger partial charge in [-0.2, -0.15) is 4.98 Å². The number of aryl methyl sites for hydroxylation is 1. The predicted molar refractivity (Wildman–Crippen MR) is 121 cm³/mol. The van der Waals surface area contributed by atoms with Crippen LogP contribution in [0.4, 0.5) is 0 Å². The number of piperazine rings is 1. The Kier molecular flexibility index (Phi) is 6.99. The van der Waals surface area contributed by atoms with Crippen LogP contribution in [0, 0.1) is 0 Å². The minimum absolute atomic E-state index is 0.208. The van der Waals surface area contributed by atoms with E-state index >= 15 is 0 Å². The van der Waals surface area contributed by atoms with Gasteiger partial charge in [0.15, 0.2) is 0 Å². The molecule has 2 aromatic carbocycles. The number of carbonyl (C=O) groups is 1. The Labute approximate surface area is 190 Å². The number of methoxy groups -OCH3 is 1. The van der Waals surface area contributed by atoms with E-state index in [1.807, 2.05) is 41.3 Å². The third-order valence-corrected chi connectivity index (χ3v) is 5.91. The first-order valence-corrected chi connectivity index (χ1v) is 11.1. The summed E-state index contributed by atoms with van der Waals surface area (Å²) in [5, 5.41) is 4.09. The SMILES string of the molecule is COc1ccc(-c2noc(CN3CCN(C(=O)CCc4cccc(Br)c4)CC3)n2)cc1. The van der Waals surface area contributed by atoms with Crippen molar-refractivity contribution in [3.63, 3.8) is 0 Å². The Morgan fingerprint density at radius 3 is 2.61 bits per heavy atom. The number of halogens is 1. The van der Waals surface area contributed by atoms with Gasteiger partial charge in [0.2, 0.25) is 17.6 Å². The molecule has 0 spiro atoms. The largest absolute Gasteiger partial charge is 0.497 e. The zero-order valence-corrected chi connectivity index (χ0v) is 19.0. The van der Waals surface area contributed by atoms with Gasteiger partial charge in [0.05, 0.1) is 13.7 Å². The Morgan fingerprint density at radius 2 is 1.90 bits per heavy atom. The lowest BCUT2D eigenvalue weighted by molar-refractivity contribution is -0.133. The molecule has 7 nitrogen and oxygen atoms in total. The van der Waals surface area contributed by atoms with Gasteiger partial charge in [-0.05, 0) is 48.4 Å². The lowest BCUT2D eigenvalue weighted by atomic mass is 10.1. The number of hydrogen-bond acceptors (Lipinski definition) is 6. The van der Waals surface area contributed by atoms with E-state index in [1.165, 1.54) is 5.56 Å². The van der Waals surface area contributed by atoms with Gasteiger partial charge in [0.1, 0.15) is 5.75 Å². The summed E-state index contributed by atoms with van der Waals surface area (Å²) >= 11 is 3.48. The lowest BCUT2D eigenvalue weighted by Crippen LogP contribution is -2.48. The zero-order valence-electron chi connectivity index (χ0n) is 17.5. The number of nitrogens with zero attached hydrogens (tertiary/aromatic N) is 4. The number of rotatable bonds is 7.